The highest BCUT2D eigenvalue weighted by Gasteiger charge is 2.30. The molecule has 1 amide bonds. The predicted octanol–water partition coefficient (Wildman–Crippen LogP) is 0.807. The van der Waals surface area contributed by atoms with E-state index in [2.05, 4.69) is 0 Å². The van der Waals surface area contributed by atoms with E-state index < -0.39 is 28.5 Å². The van der Waals surface area contributed by atoms with Crippen LogP contribution < -0.4 is 11.5 Å². The molecule has 1 rings (SSSR count). The number of amides is 1. The van der Waals surface area contributed by atoms with Crippen LogP contribution in [0, 0.1) is 0 Å². The van der Waals surface area contributed by atoms with Crippen LogP contribution in [-0.4, -0.2) is 31.2 Å². The Morgan fingerprint density at radius 1 is 1.42 bits per heavy atom. The lowest BCUT2D eigenvalue weighted by Crippen LogP contribution is -2.42. The third-order valence-electron chi connectivity index (χ3n) is 2.43. The number of carbonyl (C=O) groups is 1. The van der Waals surface area contributed by atoms with E-state index in [1.165, 1.54) is 18.2 Å². The molecule has 4 N–H and O–H groups in total. The largest absolute Gasteiger partial charge is 0.399 e. The van der Waals surface area contributed by atoms with Gasteiger partial charge in [-0.25, -0.2) is 8.42 Å². The lowest BCUT2D eigenvalue weighted by atomic mass is 10.3. The molecule has 1 aromatic rings. The molecule has 106 valence electrons. The van der Waals surface area contributed by atoms with Crippen LogP contribution in [0.2, 0.25) is 5.02 Å². The van der Waals surface area contributed by atoms with E-state index in [4.69, 9.17) is 23.1 Å². The molecule has 0 spiro atoms. The summed E-state index contributed by atoms with van der Waals surface area (Å²) in [7, 11) is -3.90. The number of primary amides is 1. The van der Waals surface area contributed by atoms with Crippen molar-refractivity contribution in [3.63, 3.8) is 0 Å². The maximum atomic E-state index is 12.4. The molecule has 0 fully saturated rings. The summed E-state index contributed by atoms with van der Waals surface area (Å²) in [6.45, 7) is 2.89. The summed E-state index contributed by atoms with van der Waals surface area (Å²) in [4.78, 5) is 10.9. The fourth-order valence-corrected chi connectivity index (χ4v) is 3.68. The van der Waals surface area contributed by atoms with Gasteiger partial charge in [0.2, 0.25) is 15.9 Å². The molecule has 19 heavy (non-hydrogen) atoms. The summed E-state index contributed by atoms with van der Waals surface area (Å²) < 4.78 is 25.9. The molecule has 0 aromatic heterocycles. The highest BCUT2D eigenvalue weighted by atomic mass is 35.5. The van der Waals surface area contributed by atoms with E-state index in [1.807, 2.05) is 0 Å². The van der Waals surface area contributed by atoms with Crippen LogP contribution in [0.3, 0.4) is 0 Å². The summed E-state index contributed by atoms with van der Waals surface area (Å²) in [5.74, 6) is -0.733. The zero-order chi connectivity index (χ0) is 14.8. The molecule has 0 aliphatic carbocycles. The van der Waals surface area contributed by atoms with Crippen LogP contribution in [-0.2, 0) is 14.8 Å². The van der Waals surface area contributed by atoms with E-state index in [9.17, 15) is 13.2 Å². The Morgan fingerprint density at radius 2 is 2.00 bits per heavy atom. The maximum absolute atomic E-state index is 12.4. The maximum Gasteiger partial charge on any atom is 0.245 e. The Kier molecular flexibility index (Phi) is 4.78. The van der Waals surface area contributed by atoms with Gasteiger partial charge in [0.1, 0.15) is 4.90 Å². The highest BCUT2D eigenvalue weighted by molar-refractivity contribution is 7.89. The van der Waals surface area contributed by atoms with Crippen LogP contribution in [0.5, 0.6) is 0 Å². The smallest absolute Gasteiger partial charge is 0.245 e. The number of nitrogen functional groups attached to an aromatic ring is 1. The van der Waals surface area contributed by atoms with Crippen molar-refractivity contribution in [1.82, 2.24) is 4.31 Å². The molecule has 1 aromatic carbocycles. The van der Waals surface area contributed by atoms with Crippen LogP contribution >= 0.6 is 11.6 Å². The topological polar surface area (TPSA) is 106 Å². The number of rotatable bonds is 5. The van der Waals surface area contributed by atoms with Crippen molar-refractivity contribution in [2.45, 2.75) is 24.8 Å². The zero-order valence-electron chi connectivity index (χ0n) is 10.6. The Morgan fingerprint density at radius 3 is 2.42 bits per heavy atom. The highest BCUT2D eigenvalue weighted by Crippen LogP contribution is 2.27. The van der Waals surface area contributed by atoms with Gasteiger partial charge in [-0.3, -0.25) is 4.79 Å². The van der Waals surface area contributed by atoms with E-state index in [0.29, 0.717) is 5.69 Å². The average molecular weight is 306 g/mol. The predicted molar refractivity (Wildman–Crippen MR) is 74.1 cm³/mol. The van der Waals surface area contributed by atoms with Gasteiger partial charge in [0.05, 0.1) is 11.6 Å². The monoisotopic (exact) mass is 305 g/mol. The molecule has 0 saturated carbocycles. The Balaban J connectivity index is 3.30. The molecule has 0 heterocycles. The van der Waals surface area contributed by atoms with Crippen LogP contribution in [0.25, 0.3) is 0 Å². The summed E-state index contributed by atoms with van der Waals surface area (Å²) in [6.07, 6.45) is 0. The molecule has 0 saturated heterocycles. The van der Waals surface area contributed by atoms with Crippen LogP contribution in [0.4, 0.5) is 5.69 Å². The van der Waals surface area contributed by atoms with Gasteiger partial charge in [-0.1, -0.05) is 11.6 Å². The number of nitrogens with zero attached hydrogens (tertiary/aromatic N) is 1. The number of hydrogen-bond donors (Lipinski definition) is 2. The normalized spacial score (nSPS) is 12.1. The van der Waals surface area contributed by atoms with Gasteiger partial charge < -0.3 is 11.5 Å². The molecule has 0 aliphatic heterocycles. The first kappa shape index (κ1) is 15.7. The average Bonchev–Trinajstić information content (AvgIpc) is 2.24. The fraction of sp³-hybridized carbons (Fsp3) is 0.364. The Hall–Kier alpha value is -1.31. The minimum absolute atomic E-state index is 0.00937. The number of sulfonamides is 1. The summed E-state index contributed by atoms with van der Waals surface area (Å²) in [5.41, 5.74) is 10.9. The number of benzene rings is 1. The number of nitrogens with two attached hydrogens (primary N) is 2. The molecule has 0 radical (unpaired) electrons. The number of hydrogen-bond acceptors (Lipinski definition) is 4. The van der Waals surface area contributed by atoms with Crippen molar-refractivity contribution in [3.8, 4) is 0 Å². The van der Waals surface area contributed by atoms with Crippen molar-refractivity contribution in [3.05, 3.63) is 23.2 Å². The number of halogens is 1. The third kappa shape index (κ3) is 3.59. The minimum Gasteiger partial charge on any atom is -0.399 e. The quantitative estimate of drug-likeness (QED) is 0.785. The van der Waals surface area contributed by atoms with Gasteiger partial charge in [-0.15, -0.1) is 0 Å². The van der Waals surface area contributed by atoms with Crippen molar-refractivity contribution in [2.75, 3.05) is 12.3 Å². The van der Waals surface area contributed by atoms with E-state index >= 15 is 0 Å². The lowest BCUT2D eigenvalue weighted by molar-refractivity contribution is -0.118. The second kappa shape index (κ2) is 5.77. The molecule has 6 nitrogen and oxygen atoms in total. The second-order valence-electron chi connectivity index (χ2n) is 4.30. The number of anilines is 1. The van der Waals surface area contributed by atoms with Gasteiger partial charge >= 0.3 is 0 Å². The summed E-state index contributed by atoms with van der Waals surface area (Å²) in [6, 6.07) is 3.66. The first-order chi connectivity index (χ1) is 8.66. The van der Waals surface area contributed by atoms with Gasteiger partial charge in [0, 0.05) is 11.7 Å². The first-order valence-corrected chi connectivity index (χ1v) is 7.33. The van der Waals surface area contributed by atoms with E-state index in [1.54, 1.807) is 13.8 Å². The van der Waals surface area contributed by atoms with Crippen molar-refractivity contribution >= 4 is 33.2 Å². The summed E-state index contributed by atoms with van der Waals surface area (Å²) in [5, 5.41) is 0.00937. The first-order valence-electron chi connectivity index (χ1n) is 5.51. The molecular formula is C11H16ClN3O3S. The van der Waals surface area contributed by atoms with Crippen molar-refractivity contribution in [1.29, 1.82) is 0 Å². The van der Waals surface area contributed by atoms with Crippen LogP contribution in [0.1, 0.15) is 13.8 Å². The van der Waals surface area contributed by atoms with Crippen molar-refractivity contribution < 1.29 is 13.2 Å². The third-order valence-corrected chi connectivity index (χ3v) is 4.93. The lowest BCUT2D eigenvalue weighted by Gasteiger charge is -2.25. The number of carbonyl (C=O) groups excluding carboxylic acids is 1. The van der Waals surface area contributed by atoms with Crippen molar-refractivity contribution in [2.24, 2.45) is 5.73 Å². The SMILES string of the molecule is CC(C)N(CC(N)=O)S(=O)(=O)c1ccc(N)cc1Cl. The van der Waals surface area contributed by atoms with Gasteiger partial charge in [-0.05, 0) is 32.0 Å². The molecular weight excluding hydrogens is 290 g/mol. The Bertz CT molecular complexity index is 587. The minimum atomic E-state index is -3.90. The van der Waals surface area contributed by atoms with Gasteiger partial charge in [0.15, 0.2) is 0 Å². The second-order valence-corrected chi connectivity index (χ2v) is 6.57. The molecule has 0 aliphatic rings. The standard InChI is InChI=1S/C11H16ClN3O3S/c1-7(2)15(6-11(14)16)19(17,18)10-4-3-8(13)5-9(10)12/h3-5,7H,6,13H2,1-2H3,(H2,14,16). The molecule has 0 bridgehead atoms. The van der Waals surface area contributed by atoms with E-state index in [-0.39, 0.29) is 9.92 Å². The summed E-state index contributed by atoms with van der Waals surface area (Å²) >= 11 is 5.90. The Labute approximate surface area is 117 Å². The van der Waals surface area contributed by atoms with Gasteiger partial charge in [-0.2, -0.15) is 4.31 Å². The van der Waals surface area contributed by atoms with E-state index in [0.717, 1.165) is 4.31 Å². The molecule has 8 heteroatoms. The fourth-order valence-electron chi connectivity index (χ4n) is 1.55. The van der Waals surface area contributed by atoms with Gasteiger partial charge in [0.25, 0.3) is 0 Å². The van der Waals surface area contributed by atoms with Crippen LogP contribution in [0.15, 0.2) is 23.1 Å². The molecule has 0 atom stereocenters. The molecule has 0 unspecified atom stereocenters. The zero-order valence-corrected chi connectivity index (χ0v) is 12.2.